The van der Waals surface area contributed by atoms with Crippen LogP contribution in [-0.2, 0) is 25.3 Å². The molecule has 0 spiro atoms. The van der Waals surface area contributed by atoms with E-state index in [-0.39, 0.29) is 28.6 Å². The predicted octanol–water partition coefficient (Wildman–Crippen LogP) is 6.08. The Labute approximate surface area is 213 Å². The Morgan fingerprint density at radius 1 is 1.06 bits per heavy atom. The fraction of sp³-hybridized carbons (Fsp3) is 0.160. The van der Waals surface area contributed by atoms with Crippen molar-refractivity contribution >= 4 is 52.5 Å². The van der Waals surface area contributed by atoms with E-state index < -0.39 is 35.0 Å². The van der Waals surface area contributed by atoms with E-state index in [9.17, 15) is 27.6 Å². The van der Waals surface area contributed by atoms with Gasteiger partial charge in [0.15, 0.2) is 0 Å². The molecule has 3 aromatic carbocycles. The summed E-state index contributed by atoms with van der Waals surface area (Å²) >= 11 is 7.19. The minimum atomic E-state index is -4.65. The number of anilines is 2. The van der Waals surface area contributed by atoms with Gasteiger partial charge in [0.25, 0.3) is 5.91 Å². The fourth-order valence-electron chi connectivity index (χ4n) is 3.45. The summed E-state index contributed by atoms with van der Waals surface area (Å²) in [5, 5.41) is 4.14. The largest absolute Gasteiger partial charge is 0.447 e. The van der Waals surface area contributed by atoms with E-state index in [2.05, 4.69) is 10.6 Å². The lowest BCUT2D eigenvalue weighted by atomic mass is 10.1. The van der Waals surface area contributed by atoms with Crippen LogP contribution < -0.4 is 10.6 Å². The number of carbonyl (C=O) groups is 3. The highest BCUT2D eigenvalue weighted by Crippen LogP contribution is 2.37. The zero-order valence-corrected chi connectivity index (χ0v) is 19.9. The Bertz CT molecular complexity index is 1300. The molecule has 0 unspecified atom stereocenters. The lowest BCUT2D eigenvalue weighted by molar-refractivity contribution is -0.155. The van der Waals surface area contributed by atoms with Crippen molar-refractivity contribution in [3.05, 3.63) is 88.9 Å². The van der Waals surface area contributed by atoms with Crippen molar-refractivity contribution in [1.29, 1.82) is 0 Å². The molecule has 0 saturated carbocycles. The summed E-state index contributed by atoms with van der Waals surface area (Å²) in [5.74, 6) is -2.12. The summed E-state index contributed by atoms with van der Waals surface area (Å²) < 4.78 is 44.8. The molecule has 2 amide bonds. The molecule has 0 radical (unpaired) electrons. The van der Waals surface area contributed by atoms with Gasteiger partial charge in [0, 0.05) is 10.5 Å². The van der Waals surface area contributed by atoms with Crippen LogP contribution in [0.4, 0.5) is 24.5 Å². The lowest BCUT2D eigenvalue weighted by Crippen LogP contribution is -2.33. The number of esters is 1. The van der Waals surface area contributed by atoms with Crippen LogP contribution in [0.2, 0.25) is 5.02 Å². The first kappa shape index (κ1) is 25.6. The number of benzene rings is 3. The van der Waals surface area contributed by atoms with Gasteiger partial charge in [0.1, 0.15) is 0 Å². The molecule has 2 N–H and O–H groups in total. The maximum atomic E-state index is 13.1. The quantitative estimate of drug-likeness (QED) is 0.374. The molecule has 1 aliphatic rings. The van der Waals surface area contributed by atoms with Crippen LogP contribution in [0.25, 0.3) is 0 Å². The zero-order chi connectivity index (χ0) is 25.9. The van der Waals surface area contributed by atoms with Gasteiger partial charge in [-0.15, -0.1) is 11.8 Å². The number of ether oxygens (including phenoxy) is 1. The summed E-state index contributed by atoms with van der Waals surface area (Å²) in [7, 11) is 0. The van der Waals surface area contributed by atoms with Crippen molar-refractivity contribution in [2.75, 3.05) is 10.6 Å². The first-order valence-corrected chi connectivity index (χ1v) is 11.9. The number of rotatable bonds is 6. The van der Waals surface area contributed by atoms with Crippen molar-refractivity contribution in [2.24, 2.45) is 0 Å². The number of amides is 2. The third-order valence-corrected chi connectivity index (χ3v) is 6.80. The normalized spacial score (nSPS) is 15.9. The van der Waals surface area contributed by atoms with Gasteiger partial charge in [0.2, 0.25) is 12.0 Å². The zero-order valence-electron chi connectivity index (χ0n) is 18.3. The first-order valence-electron chi connectivity index (χ1n) is 10.6. The van der Waals surface area contributed by atoms with Gasteiger partial charge in [-0.25, -0.2) is 0 Å². The van der Waals surface area contributed by atoms with Crippen molar-refractivity contribution in [1.82, 2.24) is 0 Å². The molecule has 0 fully saturated rings. The Morgan fingerprint density at radius 3 is 2.47 bits per heavy atom. The average Bonchev–Trinajstić information content (AvgIpc) is 2.84. The molecule has 1 aliphatic heterocycles. The summed E-state index contributed by atoms with van der Waals surface area (Å²) in [6, 6.07) is 17.6. The van der Waals surface area contributed by atoms with Crippen LogP contribution in [0.3, 0.4) is 0 Å². The number of carbonyl (C=O) groups excluding carboxylic acids is 3. The topological polar surface area (TPSA) is 84.5 Å². The van der Waals surface area contributed by atoms with E-state index in [0.717, 1.165) is 17.0 Å². The molecule has 4 rings (SSSR count). The molecule has 6 nitrogen and oxygen atoms in total. The molecule has 1 heterocycles. The molecule has 0 bridgehead atoms. The van der Waals surface area contributed by atoms with E-state index in [0.29, 0.717) is 11.8 Å². The molecular formula is C25H18ClF3N2O4S. The van der Waals surface area contributed by atoms with Crippen LogP contribution >= 0.6 is 23.4 Å². The molecule has 0 aliphatic carbocycles. The van der Waals surface area contributed by atoms with Gasteiger partial charge in [0.05, 0.1) is 33.6 Å². The summed E-state index contributed by atoms with van der Waals surface area (Å²) in [4.78, 5) is 39.1. The highest BCUT2D eigenvalue weighted by molar-refractivity contribution is 8.01. The molecule has 11 heteroatoms. The van der Waals surface area contributed by atoms with E-state index in [1.165, 1.54) is 23.9 Å². The third kappa shape index (κ3) is 6.00. The number of para-hydroxylation sites is 1. The minimum Gasteiger partial charge on any atom is -0.447 e. The van der Waals surface area contributed by atoms with Crippen LogP contribution in [0.5, 0.6) is 0 Å². The highest BCUT2D eigenvalue weighted by atomic mass is 35.5. The molecule has 0 saturated heterocycles. The maximum Gasteiger partial charge on any atom is 0.416 e. The summed E-state index contributed by atoms with van der Waals surface area (Å²) in [6.45, 7) is 0. The number of thioether (sulfide) groups is 1. The van der Waals surface area contributed by atoms with Gasteiger partial charge in [-0.05, 0) is 30.3 Å². The van der Waals surface area contributed by atoms with E-state index in [4.69, 9.17) is 16.3 Å². The fourth-order valence-corrected chi connectivity index (χ4v) is 4.71. The minimum absolute atomic E-state index is 0.122. The van der Waals surface area contributed by atoms with Crippen molar-refractivity contribution in [3.8, 4) is 0 Å². The second kappa shape index (κ2) is 10.6. The van der Waals surface area contributed by atoms with Gasteiger partial charge in [-0.3, -0.25) is 14.4 Å². The van der Waals surface area contributed by atoms with Crippen molar-refractivity contribution < 1.29 is 32.3 Å². The Kier molecular flexibility index (Phi) is 7.56. The lowest BCUT2D eigenvalue weighted by Gasteiger charge is -2.24. The van der Waals surface area contributed by atoms with Gasteiger partial charge < -0.3 is 15.4 Å². The monoisotopic (exact) mass is 534 g/mol. The Balaban J connectivity index is 1.52. The van der Waals surface area contributed by atoms with Crippen LogP contribution in [0.15, 0.2) is 77.7 Å². The molecule has 36 heavy (non-hydrogen) atoms. The number of nitrogens with one attached hydrogen (secondary N) is 2. The Hall–Kier alpha value is -3.50. The molecule has 3 aromatic rings. The molecule has 0 aromatic heterocycles. The molecule has 186 valence electrons. The number of hydrogen-bond donors (Lipinski definition) is 2. The number of halogens is 4. The third-order valence-electron chi connectivity index (χ3n) is 5.20. The SMILES string of the molecule is O=C(C[C@H]1Sc2ccccc2NC1=O)O[C@@H](C(=O)Nc1cc(C(F)(F)F)ccc1Cl)c1ccccc1. The van der Waals surface area contributed by atoms with Crippen molar-refractivity contribution in [3.63, 3.8) is 0 Å². The molecular weight excluding hydrogens is 517 g/mol. The maximum absolute atomic E-state index is 13.1. The van der Waals surface area contributed by atoms with Crippen molar-refractivity contribution in [2.45, 2.75) is 28.8 Å². The van der Waals surface area contributed by atoms with E-state index >= 15 is 0 Å². The summed E-state index contributed by atoms with van der Waals surface area (Å²) in [6.07, 6.45) is -6.47. The average molecular weight is 535 g/mol. The predicted molar refractivity (Wildman–Crippen MR) is 130 cm³/mol. The van der Waals surface area contributed by atoms with E-state index in [1.54, 1.807) is 42.5 Å². The summed E-state index contributed by atoms with van der Waals surface area (Å²) in [5.41, 5.74) is -0.363. The first-order chi connectivity index (χ1) is 17.1. The number of hydrogen-bond acceptors (Lipinski definition) is 5. The Morgan fingerprint density at radius 2 is 1.75 bits per heavy atom. The second-order valence-electron chi connectivity index (χ2n) is 7.76. The molecule has 2 atom stereocenters. The van der Waals surface area contributed by atoms with Gasteiger partial charge >= 0.3 is 12.1 Å². The smallest absolute Gasteiger partial charge is 0.416 e. The van der Waals surface area contributed by atoms with Crippen LogP contribution in [0, 0.1) is 0 Å². The van der Waals surface area contributed by atoms with E-state index in [1.807, 2.05) is 0 Å². The number of fused-ring (bicyclic) bond motifs is 1. The van der Waals surface area contributed by atoms with Gasteiger partial charge in [-0.2, -0.15) is 13.2 Å². The van der Waals surface area contributed by atoms with Crippen LogP contribution in [0.1, 0.15) is 23.7 Å². The highest BCUT2D eigenvalue weighted by Gasteiger charge is 2.34. The number of alkyl halides is 3. The van der Waals surface area contributed by atoms with Crippen LogP contribution in [-0.4, -0.2) is 23.0 Å². The van der Waals surface area contributed by atoms with Gasteiger partial charge in [-0.1, -0.05) is 54.1 Å². The standard InChI is InChI=1S/C25H18ClF3N2O4S/c26-16-11-10-15(25(27,28)29)12-18(16)31-24(34)22(14-6-2-1-3-7-14)35-21(32)13-20-23(33)30-17-8-4-5-9-19(17)36-20/h1-12,20,22H,13H2,(H,30,33)(H,31,34)/t20-,22-/m1/s1. The second-order valence-corrected chi connectivity index (χ2v) is 9.41.